The Morgan fingerprint density at radius 1 is 1.11 bits per heavy atom. The third kappa shape index (κ3) is 5.15. The van der Waals surface area contributed by atoms with Gasteiger partial charge in [0.1, 0.15) is 5.82 Å². The number of aromatic nitrogens is 2. The van der Waals surface area contributed by atoms with Crippen LogP contribution in [0.4, 0.5) is 5.82 Å². The summed E-state index contributed by atoms with van der Waals surface area (Å²) in [5.41, 5.74) is 0. The second-order valence-electron chi connectivity index (χ2n) is 7.59. The van der Waals surface area contributed by atoms with Gasteiger partial charge in [-0.3, -0.25) is 19.5 Å². The van der Waals surface area contributed by atoms with E-state index in [0.717, 1.165) is 51.3 Å². The first-order chi connectivity index (χ1) is 13.0. The molecule has 0 radical (unpaired) electrons. The van der Waals surface area contributed by atoms with Gasteiger partial charge in [0.2, 0.25) is 11.8 Å². The number of carbonyl (C=O) groups is 2. The van der Waals surface area contributed by atoms with E-state index in [2.05, 4.69) is 19.8 Å². The SMILES string of the molecule is CN(C)C(=O)CN1CCCN(C(=O)C2CCCN(c3cnccn3)C2)CC1. The Hall–Kier alpha value is -2.22. The molecule has 3 heterocycles. The number of carbonyl (C=O) groups excluding carboxylic acids is 2. The fourth-order valence-electron chi connectivity index (χ4n) is 3.78. The highest BCUT2D eigenvalue weighted by Gasteiger charge is 2.31. The van der Waals surface area contributed by atoms with Gasteiger partial charge in [0.15, 0.2) is 0 Å². The molecule has 2 aliphatic rings. The maximum atomic E-state index is 13.1. The van der Waals surface area contributed by atoms with Crippen LogP contribution in [-0.4, -0.2) is 96.4 Å². The van der Waals surface area contributed by atoms with Gasteiger partial charge in [0.05, 0.1) is 18.7 Å². The summed E-state index contributed by atoms with van der Waals surface area (Å²) in [5.74, 6) is 1.21. The van der Waals surface area contributed by atoms with Crippen LogP contribution < -0.4 is 4.90 Å². The third-order valence-electron chi connectivity index (χ3n) is 5.40. The summed E-state index contributed by atoms with van der Waals surface area (Å²) in [7, 11) is 3.56. The number of anilines is 1. The fourth-order valence-corrected chi connectivity index (χ4v) is 3.78. The highest BCUT2D eigenvalue weighted by molar-refractivity contribution is 5.80. The van der Waals surface area contributed by atoms with Crippen molar-refractivity contribution in [2.75, 3.05) is 64.8 Å². The highest BCUT2D eigenvalue weighted by Crippen LogP contribution is 2.23. The summed E-state index contributed by atoms with van der Waals surface area (Å²) in [4.78, 5) is 41.5. The van der Waals surface area contributed by atoms with E-state index >= 15 is 0 Å². The summed E-state index contributed by atoms with van der Waals surface area (Å²) in [6.45, 7) is 5.14. The molecule has 0 spiro atoms. The molecule has 1 atom stereocenters. The maximum Gasteiger partial charge on any atom is 0.236 e. The van der Waals surface area contributed by atoms with Crippen molar-refractivity contribution in [1.82, 2.24) is 24.7 Å². The van der Waals surface area contributed by atoms with Crippen LogP contribution in [0.1, 0.15) is 19.3 Å². The largest absolute Gasteiger partial charge is 0.355 e. The minimum Gasteiger partial charge on any atom is -0.355 e. The van der Waals surface area contributed by atoms with Crippen LogP contribution >= 0.6 is 0 Å². The second kappa shape index (κ2) is 9.12. The second-order valence-corrected chi connectivity index (χ2v) is 7.59. The van der Waals surface area contributed by atoms with Gasteiger partial charge in [0, 0.05) is 65.8 Å². The Kier molecular flexibility index (Phi) is 6.60. The maximum absolute atomic E-state index is 13.1. The molecule has 8 heteroatoms. The molecule has 0 aliphatic carbocycles. The van der Waals surface area contributed by atoms with E-state index in [1.54, 1.807) is 37.6 Å². The number of piperidine rings is 1. The number of rotatable bonds is 4. The summed E-state index contributed by atoms with van der Waals surface area (Å²) in [6.07, 6.45) is 7.95. The average Bonchev–Trinajstić information content (AvgIpc) is 2.93. The zero-order valence-corrected chi connectivity index (χ0v) is 16.4. The van der Waals surface area contributed by atoms with Gasteiger partial charge in [-0.2, -0.15) is 0 Å². The molecule has 1 aromatic heterocycles. The molecule has 3 rings (SSSR count). The molecule has 0 N–H and O–H groups in total. The summed E-state index contributed by atoms with van der Waals surface area (Å²) < 4.78 is 0. The predicted molar refractivity (Wildman–Crippen MR) is 103 cm³/mol. The zero-order valence-electron chi connectivity index (χ0n) is 16.4. The van der Waals surface area contributed by atoms with Crippen LogP contribution in [0.2, 0.25) is 0 Å². The molecule has 1 aromatic rings. The molecule has 0 bridgehead atoms. The first-order valence-corrected chi connectivity index (χ1v) is 9.77. The van der Waals surface area contributed by atoms with Crippen LogP contribution in [0, 0.1) is 5.92 Å². The molecule has 2 fully saturated rings. The molecule has 2 saturated heterocycles. The van der Waals surface area contributed by atoms with Crippen molar-refractivity contribution in [2.45, 2.75) is 19.3 Å². The summed E-state index contributed by atoms with van der Waals surface area (Å²) in [5, 5.41) is 0. The van der Waals surface area contributed by atoms with Gasteiger partial charge in [-0.25, -0.2) is 4.98 Å². The minimum absolute atomic E-state index is 0.00992. The van der Waals surface area contributed by atoms with Gasteiger partial charge in [-0.05, 0) is 19.3 Å². The van der Waals surface area contributed by atoms with Crippen molar-refractivity contribution in [2.24, 2.45) is 5.92 Å². The molecule has 1 unspecified atom stereocenters. The van der Waals surface area contributed by atoms with Crippen LogP contribution in [0.5, 0.6) is 0 Å². The Morgan fingerprint density at radius 3 is 2.70 bits per heavy atom. The number of nitrogens with zero attached hydrogens (tertiary/aromatic N) is 6. The molecular weight excluding hydrogens is 344 g/mol. The lowest BCUT2D eigenvalue weighted by Crippen LogP contribution is -2.46. The Morgan fingerprint density at radius 2 is 1.96 bits per heavy atom. The Bertz CT molecular complexity index is 638. The third-order valence-corrected chi connectivity index (χ3v) is 5.40. The van der Waals surface area contributed by atoms with Crippen molar-refractivity contribution >= 4 is 17.6 Å². The smallest absolute Gasteiger partial charge is 0.236 e. The van der Waals surface area contributed by atoms with Gasteiger partial charge in [0.25, 0.3) is 0 Å². The van der Waals surface area contributed by atoms with Crippen LogP contribution in [0.25, 0.3) is 0 Å². The van der Waals surface area contributed by atoms with E-state index in [9.17, 15) is 9.59 Å². The normalized spacial score (nSPS) is 21.6. The molecule has 0 aromatic carbocycles. The lowest BCUT2D eigenvalue weighted by molar-refractivity contribution is -0.135. The lowest BCUT2D eigenvalue weighted by Gasteiger charge is -2.35. The summed E-state index contributed by atoms with van der Waals surface area (Å²) in [6, 6.07) is 0. The van der Waals surface area contributed by atoms with Crippen LogP contribution in [0.15, 0.2) is 18.6 Å². The first-order valence-electron chi connectivity index (χ1n) is 9.77. The van der Waals surface area contributed by atoms with Crippen molar-refractivity contribution in [3.8, 4) is 0 Å². The van der Waals surface area contributed by atoms with E-state index in [1.165, 1.54) is 0 Å². The monoisotopic (exact) mass is 374 g/mol. The summed E-state index contributed by atoms with van der Waals surface area (Å²) >= 11 is 0. The number of likely N-dealkylation sites (N-methyl/N-ethyl adjacent to an activating group) is 1. The molecular formula is C19H30N6O2. The average molecular weight is 374 g/mol. The van der Waals surface area contributed by atoms with E-state index in [0.29, 0.717) is 19.6 Å². The van der Waals surface area contributed by atoms with Crippen molar-refractivity contribution in [3.05, 3.63) is 18.6 Å². The number of hydrogen-bond acceptors (Lipinski definition) is 6. The van der Waals surface area contributed by atoms with Gasteiger partial charge in [-0.15, -0.1) is 0 Å². The first kappa shape index (κ1) is 19.5. The molecule has 0 saturated carbocycles. The quantitative estimate of drug-likeness (QED) is 0.756. The number of hydrogen-bond donors (Lipinski definition) is 0. The Labute approximate surface area is 161 Å². The predicted octanol–water partition coefficient (Wildman–Crippen LogP) is 0.316. The molecule has 2 aliphatic heterocycles. The van der Waals surface area contributed by atoms with Gasteiger partial charge >= 0.3 is 0 Å². The standard InChI is InChI=1S/C19H30N6O2/c1-22(2)18(26)15-23-8-4-10-24(12-11-23)19(27)16-5-3-9-25(14-16)17-13-20-6-7-21-17/h6-7,13,16H,3-5,8-12,14-15H2,1-2H3. The van der Waals surface area contributed by atoms with E-state index < -0.39 is 0 Å². The molecule has 2 amide bonds. The molecule has 27 heavy (non-hydrogen) atoms. The van der Waals surface area contributed by atoms with Gasteiger partial charge in [-0.1, -0.05) is 0 Å². The topological polar surface area (TPSA) is 72.9 Å². The lowest BCUT2D eigenvalue weighted by atomic mass is 9.96. The fraction of sp³-hybridized carbons (Fsp3) is 0.684. The van der Waals surface area contributed by atoms with Crippen LogP contribution in [0.3, 0.4) is 0 Å². The molecule has 148 valence electrons. The van der Waals surface area contributed by atoms with Gasteiger partial charge < -0.3 is 14.7 Å². The van der Waals surface area contributed by atoms with E-state index in [-0.39, 0.29) is 17.7 Å². The minimum atomic E-state index is 0.00992. The van der Waals surface area contributed by atoms with Crippen LogP contribution in [-0.2, 0) is 9.59 Å². The van der Waals surface area contributed by atoms with E-state index in [4.69, 9.17) is 0 Å². The van der Waals surface area contributed by atoms with Crippen molar-refractivity contribution in [1.29, 1.82) is 0 Å². The highest BCUT2D eigenvalue weighted by atomic mass is 16.2. The number of amides is 2. The van der Waals surface area contributed by atoms with Crippen molar-refractivity contribution < 1.29 is 9.59 Å². The Balaban J connectivity index is 1.55. The molecule has 8 nitrogen and oxygen atoms in total. The van der Waals surface area contributed by atoms with E-state index in [1.807, 2.05) is 4.90 Å². The zero-order chi connectivity index (χ0) is 19.2. The van der Waals surface area contributed by atoms with Crippen molar-refractivity contribution in [3.63, 3.8) is 0 Å².